The van der Waals surface area contributed by atoms with Gasteiger partial charge < -0.3 is 10.1 Å². The molecule has 0 aliphatic rings. The van der Waals surface area contributed by atoms with Crippen molar-refractivity contribution < 1.29 is 4.74 Å². The van der Waals surface area contributed by atoms with Crippen molar-refractivity contribution in [1.82, 2.24) is 4.98 Å². The number of halogens is 1. The molecule has 88 valence electrons. The zero-order valence-electron chi connectivity index (χ0n) is 9.70. The maximum Gasteiger partial charge on any atom is 0.144 e. The fourth-order valence-electron chi connectivity index (χ4n) is 1.44. The van der Waals surface area contributed by atoms with Gasteiger partial charge in [0, 0.05) is 11.9 Å². The quantitative estimate of drug-likeness (QED) is 0.931. The summed E-state index contributed by atoms with van der Waals surface area (Å²) >= 11 is 3.48. The highest BCUT2D eigenvalue weighted by Gasteiger charge is 2.02. The van der Waals surface area contributed by atoms with Crippen LogP contribution in [0.1, 0.15) is 5.56 Å². The van der Waals surface area contributed by atoms with E-state index in [1.165, 1.54) is 0 Å². The van der Waals surface area contributed by atoms with E-state index in [0.717, 1.165) is 27.3 Å². The maximum atomic E-state index is 5.11. The molecule has 0 saturated carbocycles. The molecule has 2 aromatic rings. The first-order chi connectivity index (χ1) is 8.19. The fraction of sp³-hybridized carbons (Fsp3) is 0.154. The lowest BCUT2D eigenvalue weighted by Crippen LogP contribution is -1.95. The lowest BCUT2D eigenvalue weighted by Gasteiger charge is -2.08. The Morgan fingerprint density at radius 2 is 1.94 bits per heavy atom. The molecular formula is C13H13BrN2O. The van der Waals surface area contributed by atoms with Crippen LogP contribution in [0.25, 0.3) is 0 Å². The number of pyridine rings is 1. The molecule has 1 aromatic carbocycles. The Hall–Kier alpha value is -1.55. The predicted molar refractivity (Wildman–Crippen MR) is 73.0 cm³/mol. The number of hydrogen-bond acceptors (Lipinski definition) is 3. The Kier molecular flexibility index (Phi) is 3.64. The summed E-state index contributed by atoms with van der Waals surface area (Å²) < 4.78 is 6.06. The number of hydrogen-bond donors (Lipinski definition) is 1. The highest BCUT2D eigenvalue weighted by molar-refractivity contribution is 9.10. The summed E-state index contributed by atoms with van der Waals surface area (Å²) in [6, 6.07) is 9.74. The van der Waals surface area contributed by atoms with Crippen LogP contribution < -0.4 is 10.1 Å². The van der Waals surface area contributed by atoms with E-state index in [4.69, 9.17) is 4.74 Å². The van der Waals surface area contributed by atoms with Gasteiger partial charge in [-0.15, -0.1) is 0 Å². The van der Waals surface area contributed by atoms with Crippen molar-refractivity contribution in [3.63, 3.8) is 0 Å². The highest BCUT2D eigenvalue weighted by atomic mass is 79.9. The molecule has 0 unspecified atom stereocenters. The average Bonchev–Trinajstić information content (AvgIpc) is 2.34. The van der Waals surface area contributed by atoms with Gasteiger partial charge in [-0.05, 0) is 58.7 Å². The molecule has 0 atom stereocenters. The van der Waals surface area contributed by atoms with Crippen LogP contribution in [0.4, 0.5) is 11.5 Å². The molecule has 0 amide bonds. The molecule has 0 aliphatic heterocycles. The summed E-state index contributed by atoms with van der Waals surface area (Å²) in [4.78, 5) is 4.33. The number of ether oxygens (including phenoxy) is 1. The molecule has 0 aliphatic carbocycles. The largest absolute Gasteiger partial charge is 0.497 e. The number of benzene rings is 1. The molecule has 0 bridgehead atoms. The van der Waals surface area contributed by atoms with Crippen molar-refractivity contribution in [1.29, 1.82) is 0 Å². The van der Waals surface area contributed by atoms with Crippen LogP contribution in [0.15, 0.2) is 41.0 Å². The number of aromatic nitrogens is 1. The molecule has 1 aromatic heterocycles. The maximum absolute atomic E-state index is 5.11. The Bertz CT molecular complexity index is 511. The summed E-state index contributed by atoms with van der Waals surface area (Å²) in [7, 11) is 1.65. The normalized spacial score (nSPS) is 10.1. The van der Waals surface area contributed by atoms with Crippen LogP contribution >= 0.6 is 15.9 Å². The third kappa shape index (κ3) is 2.97. The summed E-state index contributed by atoms with van der Waals surface area (Å²) in [5, 5.41) is 3.24. The number of nitrogens with zero attached hydrogens (tertiary/aromatic N) is 1. The summed E-state index contributed by atoms with van der Waals surface area (Å²) in [6.07, 6.45) is 1.83. The molecular weight excluding hydrogens is 280 g/mol. The summed E-state index contributed by atoms with van der Waals surface area (Å²) in [6.45, 7) is 2.01. The summed E-state index contributed by atoms with van der Waals surface area (Å²) in [5.74, 6) is 1.65. The van der Waals surface area contributed by atoms with Crippen molar-refractivity contribution in [3.8, 4) is 5.75 Å². The van der Waals surface area contributed by atoms with E-state index < -0.39 is 0 Å². The zero-order chi connectivity index (χ0) is 12.3. The van der Waals surface area contributed by atoms with E-state index in [9.17, 15) is 0 Å². The first-order valence-corrected chi connectivity index (χ1v) is 6.01. The van der Waals surface area contributed by atoms with E-state index in [2.05, 4.69) is 26.2 Å². The molecule has 0 fully saturated rings. The smallest absolute Gasteiger partial charge is 0.144 e. The number of rotatable bonds is 3. The van der Waals surface area contributed by atoms with Gasteiger partial charge in [-0.25, -0.2) is 4.98 Å². The van der Waals surface area contributed by atoms with Crippen molar-refractivity contribution in [2.24, 2.45) is 0 Å². The van der Waals surface area contributed by atoms with E-state index in [-0.39, 0.29) is 0 Å². The Labute approximate surface area is 109 Å². The van der Waals surface area contributed by atoms with Gasteiger partial charge in [-0.1, -0.05) is 0 Å². The number of methoxy groups -OCH3 is 1. The number of nitrogens with one attached hydrogen (secondary N) is 1. The minimum atomic E-state index is 0.806. The Balaban J connectivity index is 2.19. The van der Waals surface area contributed by atoms with Gasteiger partial charge >= 0.3 is 0 Å². The first-order valence-electron chi connectivity index (χ1n) is 5.22. The average molecular weight is 293 g/mol. The zero-order valence-corrected chi connectivity index (χ0v) is 11.3. The van der Waals surface area contributed by atoms with Crippen LogP contribution in [0.3, 0.4) is 0 Å². The molecule has 3 nitrogen and oxygen atoms in total. The third-order valence-electron chi connectivity index (χ3n) is 2.33. The van der Waals surface area contributed by atoms with Crippen molar-refractivity contribution in [3.05, 3.63) is 46.6 Å². The number of anilines is 2. The number of aryl methyl sites for hydroxylation is 1. The Morgan fingerprint density at radius 3 is 2.53 bits per heavy atom. The second-order valence-electron chi connectivity index (χ2n) is 3.70. The first kappa shape index (κ1) is 11.9. The second kappa shape index (κ2) is 5.19. The minimum Gasteiger partial charge on any atom is -0.497 e. The summed E-state index contributed by atoms with van der Waals surface area (Å²) in [5.41, 5.74) is 2.10. The molecule has 0 saturated heterocycles. The van der Waals surface area contributed by atoms with Gasteiger partial charge in [0.2, 0.25) is 0 Å². The molecule has 1 N–H and O–H groups in total. The van der Waals surface area contributed by atoms with Crippen LogP contribution in [-0.4, -0.2) is 12.1 Å². The molecule has 0 radical (unpaired) electrons. The van der Waals surface area contributed by atoms with Gasteiger partial charge in [0.1, 0.15) is 11.6 Å². The van der Waals surface area contributed by atoms with E-state index in [0.29, 0.717) is 0 Å². The van der Waals surface area contributed by atoms with Gasteiger partial charge in [-0.2, -0.15) is 0 Å². The van der Waals surface area contributed by atoms with Crippen molar-refractivity contribution >= 4 is 27.4 Å². The molecule has 17 heavy (non-hydrogen) atoms. The third-order valence-corrected chi connectivity index (χ3v) is 2.94. The molecule has 2 rings (SSSR count). The minimum absolute atomic E-state index is 0.806. The molecule has 1 heterocycles. The van der Waals surface area contributed by atoms with Crippen LogP contribution in [0.5, 0.6) is 5.75 Å². The molecule has 0 spiro atoms. The predicted octanol–water partition coefficient (Wildman–Crippen LogP) is 3.90. The standard InChI is InChI=1S/C13H13BrN2O/c1-9-7-12(14)13(15-8-9)16-10-3-5-11(17-2)6-4-10/h3-8H,1-2H3,(H,15,16). The van der Waals surface area contributed by atoms with Gasteiger partial charge in [0.05, 0.1) is 11.6 Å². The van der Waals surface area contributed by atoms with E-state index >= 15 is 0 Å². The van der Waals surface area contributed by atoms with Gasteiger partial charge in [-0.3, -0.25) is 0 Å². The lowest BCUT2D eigenvalue weighted by atomic mass is 10.3. The topological polar surface area (TPSA) is 34.1 Å². The SMILES string of the molecule is COc1ccc(Nc2ncc(C)cc2Br)cc1. The lowest BCUT2D eigenvalue weighted by molar-refractivity contribution is 0.415. The monoisotopic (exact) mass is 292 g/mol. The van der Waals surface area contributed by atoms with Crippen LogP contribution in [0.2, 0.25) is 0 Å². The van der Waals surface area contributed by atoms with E-state index in [1.54, 1.807) is 7.11 Å². The second-order valence-corrected chi connectivity index (χ2v) is 4.55. The highest BCUT2D eigenvalue weighted by Crippen LogP contribution is 2.25. The molecule has 4 heteroatoms. The van der Waals surface area contributed by atoms with Crippen LogP contribution in [0, 0.1) is 6.92 Å². The van der Waals surface area contributed by atoms with Crippen LogP contribution in [-0.2, 0) is 0 Å². The van der Waals surface area contributed by atoms with Crippen molar-refractivity contribution in [2.75, 3.05) is 12.4 Å². The van der Waals surface area contributed by atoms with Gasteiger partial charge in [0.15, 0.2) is 0 Å². The van der Waals surface area contributed by atoms with E-state index in [1.807, 2.05) is 43.5 Å². The van der Waals surface area contributed by atoms with Crippen molar-refractivity contribution in [2.45, 2.75) is 6.92 Å². The Morgan fingerprint density at radius 1 is 1.24 bits per heavy atom. The fourth-order valence-corrected chi connectivity index (χ4v) is 2.00. The van der Waals surface area contributed by atoms with Gasteiger partial charge in [0.25, 0.3) is 0 Å².